The van der Waals surface area contributed by atoms with Gasteiger partial charge in [-0.15, -0.1) is 0 Å². The average Bonchev–Trinajstić information content (AvgIpc) is 3.70. The molecule has 0 aliphatic carbocycles. The number of nitrogens with zero attached hydrogens (tertiary/aromatic N) is 1. The van der Waals surface area contributed by atoms with Crippen LogP contribution in [0.3, 0.4) is 0 Å². The molecule has 0 amide bonds. The van der Waals surface area contributed by atoms with Crippen LogP contribution in [-0.2, 0) is 0 Å². The van der Waals surface area contributed by atoms with Gasteiger partial charge in [0.1, 0.15) is 22.3 Å². The summed E-state index contributed by atoms with van der Waals surface area (Å²) in [7, 11) is 0. The van der Waals surface area contributed by atoms with Crippen LogP contribution in [0.1, 0.15) is 0 Å². The quantitative estimate of drug-likeness (QED) is 0.230. The molecule has 0 radical (unpaired) electrons. The summed E-state index contributed by atoms with van der Waals surface area (Å²) >= 11 is 0. The SMILES string of the molecule is c1ccc(-n2c3ccccc3c3oc4ccc(-c5ccc(-c6cccc7c6oc6ccccc67)cc5)cc4c32)cc1. The lowest BCUT2D eigenvalue weighted by Crippen LogP contribution is -1.92. The number of hydrogen-bond acceptors (Lipinski definition) is 2. The number of benzene rings is 6. The molecule has 192 valence electrons. The Labute approximate surface area is 235 Å². The standard InChI is InChI=1S/C38H23NO2/c1-2-9-27(10-3-1)39-33-15-6-4-12-31(33)38-36(39)32-23-26(21-22-35(32)41-38)24-17-19-25(20-18-24)28-13-8-14-30-29-11-5-7-16-34(29)40-37(28)30/h1-23H. The fourth-order valence-electron chi connectivity index (χ4n) is 6.31. The van der Waals surface area contributed by atoms with E-state index < -0.39 is 0 Å². The second kappa shape index (κ2) is 8.48. The summed E-state index contributed by atoms with van der Waals surface area (Å²) in [4.78, 5) is 0. The van der Waals surface area contributed by atoms with Gasteiger partial charge in [0, 0.05) is 32.8 Å². The average molecular weight is 526 g/mol. The maximum absolute atomic E-state index is 6.47. The van der Waals surface area contributed by atoms with E-state index in [0.29, 0.717) is 0 Å². The van der Waals surface area contributed by atoms with Crippen LogP contribution >= 0.6 is 0 Å². The zero-order chi connectivity index (χ0) is 26.9. The van der Waals surface area contributed by atoms with Gasteiger partial charge in [-0.3, -0.25) is 0 Å². The van der Waals surface area contributed by atoms with Gasteiger partial charge in [0.15, 0.2) is 5.58 Å². The molecule has 0 spiro atoms. The van der Waals surface area contributed by atoms with Crippen LogP contribution < -0.4 is 0 Å². The molecule has 0 aliphatic heterocycles. The topological polar surface area (TPSA) is 31.2 Å². The van der Waals surface area contributed by atoms with Crippen molar-refractivity contribution in [1.29, 1.82) is 0 Å². The van der Waals surface area contributed by atoms with E-state index in [1.54, 1.807) is 0 Å². The van der Waals surface area contributed by atoms with Gasteiger partial charge in [-0.2, -0.15) is 0 Å². The fraction of sp³-hybridized carbons (Fsp3) is 0. The number of fused-ring (bicyclic) bond motifs is 8. The minimum Gasteiger partial charge on any atom is -0.455 e. The zero-order valence-electron chi connectivity index (χ0n) is 22.0. The fourth-order valence-corrected chi connectivity index (χ4v) is 6.31. The summed E-state index contributed by atoms with van der Waals surface area (Å²) in [6.45, 7) is 0. The number of furan rings is 2. The molecule has 9 aromatic rings. The van der Waals surface area contributed by atoms with E-state index in [1.807, 2.05) is 12.1 Å². The zero-order valence-corrected chi connectivity index (χ0v) is 22.0. The van der Waals surface area contributed by atoms with E-state index in [-0.39, 0.29) is 0 Å². The van der Waals surface area contributed by atoms with Crippen molar-refractivity contribution in [3.05, 3.63) is 140 Å². The Morgan fingerprint density at radius 1 is 0.415 bits per heavy atom. The van der Waals surface area contributed by atoms with E-state index in [1.165, 1.54) is 0 Å². The third-order valence-corrected chi connectivity index (χ3v) is 8.22. The summed E-state index contributed by atoms with van der Waals surface area (Å²) in [5, 5.41) is 4.51. The Hall–Kier alpha value is -5.54. The Balaban J connectivity index is 1.20. The van der Waals surface area contributed by atoms with Gasteiger partial charge < -0.3 is 13.4 Å². The molecule has 0 unspecified atom stereocenters. The first-order valence-electron chi connectivity index (χ1n) is 13.9. The Bertz CT molecular complexity index is 2400. The first-order chi connectivity index (χ1) is 20.3. The predicted molar refractivity (Wildman–Crippen MR) is 169 cm³/mol. The molecule has 0 N–H and O–H groups in total. The second-order valence-corrected chi connectivity index (χ2v) is 10.5. The van der Waals surface area contributed by atoms with Gasteiger partial charge in [-0.05, 0) is 59.2 Å². The molecule has 0 fully saturated rings. The Morgan fingerprint density at radius 2 is 1.07 bits per heavy atom. The summed E-state index contributed by atoms with van der Waals surface area (Å²) in [6.07, 6.45) is 0. The number of rotatable bonds is 3. The number of hydrogen-bond donors (Lipinski definition) is 0. The third-order valence-electron chi connectivity index (χ3n) is 8.22. The minimum absolute atomic E-state index is 0.891. The smallest absolute Gasteiger partial charge is 0.161 e. The van der Waals surface area contributed by atoms with Gasteiger partial charge in [-0.1, -0.05) is 97.1 Å². The lowest BCUT2D eigenvalue weighted by molar-refractivity contribution is 0.670. The predicted octanol–water partition coefficient (Wildman–Crippen LogP) is 10.8. The number of para-hydroxylation sites is 4. The summed E-state index contributed by atoms with van der Waals surface area (Å²) in [5.74, 6) is 0. The normalized spacial score (nSPS) is 11.9. The van der Waals surface area contributed by atoms with Crippen LogP contribution in [0.5, 0.6) is 0 Å². The van der Waals surface area contributed by atoms with Crippen LogP contribution in [0.25, 0.3) is 82.9 Å². The molecule has 3 heteroatoms. The van der Waals surface area contributed by atoms with Crippen LogP contribution in [0, 0.1) is 0 Å². The molecule has 0 saturated heterocycles. The molecule has 41 heavy (non-hydrogen) atoms. The van der Waals surface area contributed by atoms with Crippen molar-refractivity contribution in [1.82, 2.24) is 4.57 Å². The Kier molecular flexibility index (Phi) is 4.61. The van der Waals surface area contributed by atoms with Crippen molar-refractivity contribution in [2.24, 2.45) is 0 Å². The van der Waals surface area contributed by atoms with E-state index >= 15 is 0 Å². The highest BCUT2D eigenvalue weighted by Gasteiger charge is 2.19. The lowest BCUT2D eigenvalue weighted by Gasteiger charge is -2.08. The maximum atomic E-state index is 6.47. The minimum atomic E-state index is 0.891. The van der Waals surface area contributed by atoms with Gasteiger partial charge in [0.2, 0.25) is 0 Å². The molecule has 0 saturated carbocycles. The molecule has 0 atom stereocenters. The van der Waals surface area contributed by atoms with Gasteiger partial charge in [0.05, 0.1) is 5.52 Å². The molecular formula is C38H23NO2. The first kappa shape index (κ1) is 22.3. The van der Waals surface area contributed by atoms with E-state index in [9.17, 15) is 0 Å². The molecule has 9 rings (SSSR count). The highest BCUT2D eigenvalue weighted by atomic mass is 16.3. The summed E-state index contributed by atoms with van der Waals surface area (Å²) in [5.41, 5.74) is 11.6. The molecular weight excluding hydrogens is 502 g/mol. The van der Waals surface area contributed by atoms with Crippen molar-refractivity contribution in [2.75, 3.05) is 0 Å². The van der Waals surface area contributed by atoms with Crippen molar-refractivity contribution in [2.45, 2.75) is 0 Å². The molecule has 3 heterocycles. The van der Waals surface area contributed by atoms with Crippen molar-refractivity contribution in [3.8, 4) is 27.9 Å². The summed E-state index contributed by atoms with van der Waals surface area (Å²) in [6, 6.07) is 48.8. The highest BCUT2D eigenvalue weighted by Crippen LogP contribution is 2.41. The van der Waals surface area contributed by atoms with Crippen LogP contribution in [0.2, 0.25) is 0 Å². The third kappa shape index (κ3) is 3.26. The monoisotopic (exact) mass is 525 g/mol. The molecule has 3 nitrogen and oxygen atoms in total. The molecule has 6 aromatic carbocycles. The van der Waals surface area contributed by atoms with E-state index in [4.69, 9.17) is 8.83 Å². The second-order valence-electron chi connectivity index (χ2n) is 10.5. The maximum Gasteiger partial charge on any atom is 0.161 e. The summed E-state index contributed by atoms with van der Waals surface area (Å²) < 4.78 is 15.1. The van der Waals surface area contributed by atoms with Crippen molar-refractivity contribution >= 4 is 54.9 Å². The lowest BCUT2D eigenvalue weighted by atomic mass is 9.98. The van der Waals surface area contributed by atoms with Crippen molar-refractivity contribution < 1.29 is 8.83 Å². The van der Waals surface area contributed by atoms with Gasteiger partial charge in [-0.25, -0.2) is 0 Å². The molecule has 3 aromatic heterocycles. The van der Waals surface area contributed by atoms with E-state index in [0.717, 1.165) is 82.9 Å². The molecule has 0 bridgehead atoms. The van der Waals surface area contributed by atoms with E-state index in [2.05, 4.69) is 132 Å². The van der Waals surface area contributed by atoms with Crippen LogP contribution in [0.4, 0.5) is 0 Å². The van der Waals surface area contributed by atoms with Crippen LogP contribution in [-0.4, -0.2) is 4.57 Å². The first-order valence-corrected chi connectivity index (χ1v) is 13.9. The van der Waals surface area contributed by atoms with Crippen molar-refractivity contribution in [3.63, 3.8) is 0 Å². The largest absolute Gasteiger partial charge is 0.455 e. The van der Waals surface area contributed by atoms with Crippen LogP contribution in [0.15, 0.2) is 148 Å². The molecule has 0 aliphatic rings. The van der Waals surface area contributed by atoms with Gasteiger partial charge >= 0.3 is 0 Å². The number of aromatic nitrogens is 1. The Morgan fingerprint density at radius 3 is 1.95 bits per heavy atom. The van der Waals surface area contributed by atoms with Gasteiger partial charge in [0.25, 0.3) is 0 Å². The highest BCUT2D eigenvalue weighted by molar-refractivity contribution is 6.17.